The average Bonchev–Trinajstić information content (AvgIpc) is 3.26. The van der Waals surface area contributed by atoms with Gasteiger partial charge in [0.15, 0.2) is 0 Å². The molecule has 8 rings (SSSR count). The summed E-state index contributed by atoms with van der Waals surface area (Å²) in [5.41, 5.74) is 10.9. The molecule has 0 aliphatic carbocycles. The van der Waals surface area contributed by atoms with Crippen molar-refractivity contribution in [2.45, 2.75) is 0 Å². The van der Waals surface area contributed by atoms with E-state index in [0.717, 1.165) is 67.9 Å². The molecular weight excluding hydrogens is 669 g/mol. The van der Waals surface area contributed by atoms with E-state index in [4.69, 9.17) is 4.74 Å². The number of anilines is 6. The molecule has 0 saturated heterocycles. The number of benzene rings is 8. The fourth-order valence-corrected chi connectivity index (χ4v) is 6.58. The number of hydrogen-bond donors (Lipinski definition) is 0. The van der Waals surface area contributed by atoms with Crippen LogP contribution in [0.4, 0.5) is 34.1 Å². The van der Waals surface area contributed by atoms with E-state index in [9.17, 15) is 0 Å². The van der Waals surface area contributed by atoms with Crippen molar-refractivity contribution in [2.24, 2.45) is 0 Å². The second kappa shape index (κ2) is 17.0. The molecule has 3 nitrogen and oxygen atoms in total. The number of hydrogen-bond acceptors (Lipinski definition) is 3. The first kappa shape index (κ1) is 34.7. The highest BCUT2D eigenvalue weighted by Gasteiger charge is 2.13. The summed E-state index contributed by atoms with van der Waals surface area (Å²) in [5, 5.41) is 0. The number of nitrogens with zero attached hydrogens (tertiary/aromatic N) is 2. The van der Waals surface area contributed by atoms with Crippen LogP contribution in [0, 0.1) is 0 Å². The third kappa shape index (κ3) is 8.49. The molecule has 0 saturated carbocycles. The van der Waals surface area contributed by atoms with E-state index < -0.39 is 0 Å². The Bertz CT molecular complexity index is 2220. The first-order valence-corrected chi connectivity index (χ1v) is 18.5. The van der Waals surface area contributed by atoms with E-state index in [1.165, 1.54) is 0 Å². The topological polar surface area (TPSA) is 15.7 Å². The molecule has 0 unspecified atom stereocenters. The molecule has 8 aromatic carbocycles. The summed E-state index contributed by atoms with van der Waals surface area (Å²) < 4.78 is 6.60. The molecule has 0 fully saturated rings. The summed E-state index contributed by atoms with van der Waals surface area (Å²) in [6.07, 6.45) is 8.50. The molecule has 0 atom stereocenters. The van der Waals surface area contributed by atoms with Gasteiger partial charge in [0.1, 0.15) is 11.5 Å². The third-order valence-electron chi connectivity index (χ3n) is 9.33. The highest BCUT2D eigenvalue weighted by molar-refractivity contribution is 5.80. The van der Waals surface area contributed by atoms with Crippen LogP contribution in [0.3, 0.4) is 0 Å². The lowest BCUT2D eigenvalue weighted by Crippen LogP contribution is -2.09. The van der Waals surface area contributed by atoms with Crippen LogP contribution in [0.2, 0.25) is 0 Å². The van der Waals surface area contributed by atoms with E-state index in [-0.39, 0.29) is 0 Å². The van der Waals surface area contributed by atoms with Crippen molar-refractivity contribution < 1.29 is 4.74 Å². The lowest BCUT2D eigenvalue weighted by Gasteiger charge is -2.25. The summed E-state index contributed by atoms with van der Waals surface area (Å²) >= 11 is 0. The minimum absolute atomic E-state index is 0.793. The SMILES string of the molecule is C(=Cc1ccccc1Oc1ccccc1C=Cc1ccc(N(c2ccccc2)c2ccccc2)cc1)c1ccc(N(c2ccccc2)c2ccccc2)cc1. The zero-order chi connectivity index (χ0) is 37.1. The maximum Gasteiger partial charge on any atom is 0.134 e. The van der Waals surface area contributed by atoms with E-state index in [2.05, 4.69) is 192 Å². The molecule has 0 N–H and O–H groups in total. The second-order valence-electron chi connectivity index (χ2n) is 13.0. The monoisotopic (exact) mass is 708 g/mol. The maximum absolute atomic E-state index is 6.60. The molecular formula is C52H40N2O. The first-order valence-electron chi connectivity index (χ1n) is 18.5. The van der Waals surface area contributed by atoms with Gasteiger partial charge in [0.25, 0.3) is 0 Å². The summed E-state index contributed by atoms with van der Waals surface area (Å²) in [6, 6.07) is 75.4. The minimum Gasteiger partial charge on any atom is -0.456 e. The van der Waals surface area contributed by atoms with Crippen molar-refractivity contribution in [3.8, 4) is 11.5 Å². The van der Waals surface area contributed by atoms with Gasteiger partial charge in [-0.15, -0.1) is 0 Å². The normalized spacial score (nSPS) is 11.1. The Morgan fingerprint density at radius 1 is 0.255 bits per heavy atom. The highest BCUT2D eigenvalue weighted by atomic mass is 16.5. The van der Waals surface area contributed by atoms with Gasteiger partial charge in [-0.2, -0.15) is 0 Å². The molecule has 0 spiro atoms. The smallest absolute Gasteiger partial charge is 0.134 e. The fourth-order valence-electron chi connectivity index (χ4n) is 6.58. The standard InChI is InChI=1S/C52H40N2O/c1-5-19-45(20-6-1)53(46-21-7-2-8-22-46)49-37-31-41(32-38-49)29-35-43-17-13-15-27-51(43)55-52-28-16-14-18-44(52)36-30-42-33-39-50(40-34-42)54(47-23-9-3-10-24-47)48-25-11-4-12-26-48/h1-40H. The van der Waals surface area contributed by atoms with Crippen LogP contribution in [-0.4, -0.2) is 0 Å². The van der Waals surface area contributed by atoms with Crippen LogP contribution in [-0.2, 0) is 0 Å². The molecule has 0 amide bonds. The van der Waals surface area contributed by atoms with Gasteiger partial charge in [0.05, 0.1) is 0 Å². The predicted molar refractivity (Wildman–Crippen MR) is 233 cm³/mol. The molecule has 0 aromatic heterocycles. The Kier molecular flexibility index (Phi) is 10.7. The van der Waals surface area contributed by atoms with Gasteiger partial charge < -0.3 is 14.5 Å². The van der Waals surface area contributed by atoms with Crippen LogP contribution in [0.25, 0.3) is 24.3 Å². The summed E-state index contributed by atoms with van der Waals surface area (Å²) in [5.74, 6) is 1.59. The van der Waals surface area contributed by atoms with E-state index in [0.29, 0.717) is 0 Å². The predicted octanol–water partition coefficient (Wildman–Crippen LogP) is 14.8. The van der Waals surface area contributed by atoms with Crippen molar-refractivity contribution >= 4 is 58.4 Å². The largest absolute Gasteiger partial charge is 0.456 e. The second-order valence-corrected chi connectivity index (χ2v) is 13.0. The number of para-hydroxylation sites is 6. The molecule has 8 aromatic rings. The van der Waals surface area contributed by atoms with Crippen molar-refractivity contribution in [1.82, 2.24) is 0 Å². The Morgan fingerprint density at radius 2 is 0.527 bits per heavy atom. The lowest BCUT2D eigenvalue weighted by atomic mass is 10.1. The Hall–Kier alpha value is -7.36. The van der Waals surface area contributed by atoms with Crippen molar-refractivity contribution in [2.75, 3.05) is 9.80 Å². The van der Waals surface area contributed by atoms with Crippen LogP contribution in [0.1, 0.15) is 22.3 Å². The van der Waals surface area contributed by atoms with Crippen LogP contribution in [0.15, 0.2) is 218 Å². The fraction of sp³-hybridized carbons (Fsp3) is 0. The molecule has 0 bridgehead atoms. The molecule has 0 aliphatic rings. The van der Waals surface area contributed by atoms with Gasteiger partial charge in [0, 0.05) is 45.3 Å². The van der Waals surface area contributed by atoms with Crippen LogP contribution >= 0.6 is 0 Å². The zero-order valence-electron chi connectivity index (χ0n) is 30.4. The summed E-state index contributed by atoms with van der Waals surface area (Å²) in [6.45, 7) is 0. The van der Waals surface area contributed by atoms with Crippen LogP contribution < -0.4 is 14.5 Å². The Balaban J connectivity index is 0.987. The summed E-state index contributed by atoms with van der Waals surface area (Å²) in [7, 11) is 0. The molecule has 3 heteroatoms. The molecule has 0 aliphatic heterocycles. The number of rotatable bonds is 12. The highest BCUT2D eigenvalue weighted by Crippen LogP contribution is 2.36. The van der Waals surface area contributed by atoms with Gasteiger partial charge in [-0.1, -0.05) is 158 Å². The summed E-state index contributed by atoms with van der Waals surface area (Å²) in [4.78, 5) is 4.53. The van der Waals surface area contributed by atoms with Crippen molar-refractivity contribution in [1.29, 1.82) is 0 Å². The molecule has 264 valence electrons. The third-order valence-corrected chi connectivity index (χ3v) is 9.33. The Morgan fingerprint density at radius 3 is 0.855 bits per heavy atom. The van der Waals surface area contributed by atoms with Gasteiger partial charge >= 0.3 is 0 Å². The van der Waals surface area contributed by atoms with Gasteiger partial charge in [-0.05, 0) is 96.1 Å². The van der Waals surface area contributed by atoms with Gasteiger partial charge in [-0.3, -0.25) is 0 Å². The van der Waals surface area contributed by atoms with Gasteiger partial charge in [0.2, 0.25) is 0 Å². The molecule has 0 radical (unpaired) electrons. The average molecular weight is 709 g/mol. The van der Waals surface area contributed by atoms with Crippen molar-refractivity contribution in [3.63, 3.8) is 0 Å². The van der Waals surface area contributed by atoms with E-state index in [1.807, 2.05) is 60.7 Å². The lowest BCUT2D eigenvalue weighted by molar-refractivity contribution is 0.480. The van der Waals surface area contributed by atoms with Gasteiger partial charge in [-0.25, -0.2) is 0 Å². The van der Waals surface area contributed by atoms with E-state index in [1.54, 1.807) is 0 Å². The Labute approximate surface area is 324 Å². The minimum atomic E-state index is 0.793. The molecule has 0 heterocycles. The van der Waals surface area contributed by atoms with E-state index >= 15 is 0 Å². The quantitative estimate of drug-likeness (QED) is 0.118. The molecule has 55 heavy (non-hydrogen) atoms. The number of ether oxygens (including phenoxy) is 1. The first-order chi connectivity index (χ1) is 27.3. The maximum atomic E-state index is 6.60. The van der Waals surface area contributed by atoms with Crippen molar-refractivity contribution in [3.05, 3.63) is 241 Å². The zero-order valence-corrected chi connectivity index (χ0v) is 30.4. The van der Waals surface area contributed by atoms with Crippen LogP contribution in [0.5, 0.6) is 11.5 Å².